The second-order valence-corrected chi connectivity index (χ2v) is 12.9. The van der Waals surface area contributed by atoms with Crippen LogP contribution in [0.1, 0.15) is 168 Å². The Labute approximate surface area is 251 Å². The zero-order valence-corrected chi connectivity index (χ0v) is 26.6. The number of aliphatic hydroxyl groups is 3. The molecule has 0 radical (unpaired) electrons. The molecule has 1 fully saturated rings. The number of unbranched alkanes of at least 4 members (excludes halogenated alkanes) is 14. The van der Waals surface area contributed by atoms with E-state index >= 15 is 0 Å². The summed E-state index contributed by atoms with van der Waals surface area (Å²) in [4.78, 5) is 11.6. The van der Waals surface area contributed by atoms with E-state index in [1.54, 1.807) is 0 Å². The van der Waals surface area contributed by atoms with E-state index < -0.39 is 12.2 Å². The number of carbonyl (C=O) groups is 1. The average molecular weight is 581 g/mol. The van der Waals surface area contributed by atoms with Crippen molar-refractivity contribution >= 4 is 5.97 Å². The number of esters is 1. The van der Waals surface area contributed by atoms with Crippen LogP contribution >= 0.6 is 0 Å². The molecule has 0 aliphatic carbocycles. The molecule has 0 amide bonds. The maximum absolute atomic E-state index is 11.6. The number of rotatable bonds is 26. The second kappa shape index (κ2) is 22.6. The third kappa shape index (κ3) is 16.5. The molecule has 0 aromatic heterocycles. The van der Waals surface area contributed by atoms with Crippen LogP contribution in [0.3, 0.4) is 0 Å². The zero-order chi connectivity index (χ0) is 29.7. The third-order valence-electron chi connectivity index (χ3n) is 9.06. The first-order chi connectivity index (χ1) is 19.9. The van der Waals surface area contributed by atoms with Gasteiger partial charge in [-0.25, -0.2) is 4.79 Å². The van der Waals surface area contributed by atoms with E-state index in [2.05, 4.69) is 6.92 Å². The van der Waals surface area contributed by atoms with Crippen molar-refractivity contribution in [2.24, 2.45) is 0 Å². The van der Waals surface area contributed by atoms with Gasteiger partial charge in [-0.05, 0) is 64.4 Å². The lowest BCUT2D eigenvalue weighted by Gasteiger charge is -2.22. The van der Waals surface area contributed by atoms with Gasteiger partial charge in [-0.2, -0.15) is 0 Å². The van der Waals surface area contributed by atoms with Crippen LogP contribution < -0.4 is 0 Å². The molecule has 6 heteroatoms. The molecule has 2 aliphatic heterocycles. The summed E-state index contributed by atoms with van der Waals surface area (Å²) in [7, 11) is 0. The van der Waals surface area contributed by atoms with Crippen molar-refractivity contribution in [3.8, 4) is 0 Å². The van der Waals surface area contributed by atoms with Crippen LogP contribution in [0, 0.1) is 0 Å². The number of cyclic esters (lactones) is 1. The summed E-state index contributed by atoms with van der Waals surface area (Å²) in [6.45, 7) is 4.15. The van der Waals surface area contributed by atoms with E-state index in [0.717, 1.165) is 102 Å². The van der Waals surface area contributed by atoms with Gasteiger partial charge in [-0.15, -0.1) is 0 Å². The molecule has 41 heavy (non-hydrogen) atoms. The first-order valence-corrected chi connectivity index (χ1v) is 17.5. The normalized spacial score (nSPS) is 23.0. The molecule has 1 unspecified atom stereocenters. The molecular weight excluding hydrogens is 516 g/mol. The monoisotopic (exact) mass is 580 g/mol. The van der Waals surface area contributed by atoms with Gasteiger partial charge in [-0.3, -0.25) is 0 Å². The summed E-state index contributed by atoms with van der Waals surface area (Å²) in [5.74, 6) is -0.140. The van der Waals surface area contributed by atoms with Gasteiger partial charge in [0.2, 0.25) is 0 Å². The Morgan fingerprint density at radius 1 is 0.683 bits per heavy atom. The molecule has 0 spiro atoms. The summed E-state index contributed by atoms with van der Waals surface area (Å²) in [5, 5.41) is 31.5. The minimum Gasteiger partial charge on any atom is -0.455 e. The average Bonchev–Trinajstić information content (AvgIpc) is 3.57. The standard InChI is InChI=1S/C35H64O6/c1-3-4-5-6-7-8-13-18-23-31(37)33-25-26-34(41-33)32(38)24-19-14-17-22-30(36)21-16-12-10-9-11-15-20-29-27-28(2)40-35(29)39/h27-28,30-34,36-38H,3-26H2,1-2H3/t28-,30?,31+,32+,33+,34+/m0/s1. The topological polar surface area (TPSA) is 96.2 Å². The number of aliphatic hydroxyl groups excluding tert-OH is 3. The molecule has 2 rings (SSSR count). The van der Waals surface area contributed by atoms with Gasteiger partial charge in [0.15, 0.2) is 0 Å². The summed E-state index contributed by atoms with van der Waals surface area (Å²) in [6, 6.07) is 0. The highest BCUT2D eigenvalue weighted by molar-refractivity contribution is 5.90. The smallest absolute Gasteiger partial charge is 0.334 e. The molecule has 0 aromatic carbocycles. The van der Waals surface area contributed by atoms with Crippen molar-refractivity contribution in [3.05, 3.63) is 11.6 Å². The van der Waals surface area contributed by atoms with Crippen LogP contribution in [0.2, 0.25) is 0 Å². The van der Waals surface area contributed by atoms with Gasteiger partial charge in [0.1, 0.15) is 6.10 Å². The summed E-state index contributed by atoms with van der Waals surface area (Å²) in [6.07, 6.45) is 26.2. The quantitative estimate of drug-likeness (QED) is 0.0707. The maximum atomic E-state index is 11.6. The Morgan fingerprint density at radius 3 is 1.61 bits per heavy atom. The fourth-order valence-electron chi connectivity index (χ4n) is 6.39. The lowest BCUT2D eigenvalue weighted by Crippen LogP contribution is -2.31. The zero-order valence-electron chi connectivity index (χ0n) is 26.6. The predicted octanol–water partition coefficient (Wildman–Crippen LogP) is 8.09. The minimum absolute atomic E-state index is 0.0649. The Bertz CT molecular complexity index is 694. The van der Waals surface area contributed by atoms with E-state index in [1.165, 1.54) is 57.8 Å². The number of carbonyl (C=O) groups excluding carboxylic acids is 1. The molecule has 2 aliphatic rings. The van der Waals surface area contributed by atoms with Gasteiger partial charge in [0.05, 0.1) is 30.5 Å². The Morgan fingerprint density at radius 2 is 1.12 bits per heavy atom. The van der Waals surface area contributed by atoms with Crippen LogP contribution in [0.15, 0.2) is 11.6 Å². The fraction of sp³-hybridized carbons (Fsp3) is 0.914. The first-order valence-electron chi connectivity index (χ1n) is 17.5. The van der Waals surface area contributed by atoms with Crippen molar-refractivity contribution in [2.75, 3.05) is 0 Å². The maximum Gasteiger partial charge on any atom is 0.334 e. The summed E-state index contributed by atoms with van der Waals surface area (Å²) < 4.78 is 11.2. The van der Waals surface area contributed by atoms with Gasteiger partial charge in [0, 0.05) is 5.57 Å². The number of ether oxygens (including phenoxy) is 2. The molecule has 6 atom stereocenters. The lowest BCUT2D eigenvalue weighted by atomic mass is 9.99. The number of hydrogen-bond donors (Lipinski definition) is 3. The van der Waals surface area contributed by atoms with Crippen molar-refractivity contribution in [3.63, 3.8) is 0 Å². The minimum atomic E-state index is -0.451. The first kappa shape index (κ1) is 36.2. The molecule has 3 N–H and O–H groups in total. The molecule has 0 bridgehead atoms. The van der Waals surface area contributed by atoms with Crippen LogP contribution in [-0.2, 0) is 14.3 Å². The molecule has 0 aromatic rings. The Kier molecular flexibility index (Phi) is 20.0. The Hall–Kier alpha value is -0.950. The highest BCUT2D eigenvalue weighted by Crippen LogP contribution is 2.28. The van der Waals surface area contributed by atoms with Gasteiger partial charge in [0.25, 0.3) is 0 Å². The van der Waals surface area contributed by atoms with Crippen molar-refractivity contribution in [1.29, 1.82) is 0 Å². The van der Waals surface area contributed by atoms with E-state index in [-0.39, 0.29) is 30.4 Å². The van der Waals surface area contributed by atoms with Crippen LogP contribution in [0.4, 0.5) is 0 Å². The van der Waals surface area contributed by atoms with Gasteiger partial charge >= 0.3 is 5.97 Å². The van der Waals surface area contributed by atoms with E-state index in [9.17, 15) is 20.1 Å². The van der Waals surface area contributed by atoms with E-state index in [4.69, 9.17) is 9.47 Å². The van der Waals surface area contributed by atoms with Crippen LogP contribution in [0.5, 0.6) is 0 Å². The van der Waals surface area contributed by atoms with Gasteiger partial charge < -0.3 is 24.8 Å². The molecule has 6 nitrogen and oxygen atoms in total. The largest absolute Gasteiger partial charge is 0.455 e. The van der Waals surface area contributed by atoms with Crippen molar-refractivity contribution < 1.29 is 29.6 Å². The molecule has 240 valence electrons. The fourth-order valence-corrected chi connectivity index (χ4v) is 6.39. The van der Waals surface area contributed by atoms with E-state index in [0.29, 0.717) is 0 Å². The Balaban J connectivity index is 1.37. The number of hydrogen-bond acceptors (Lipinski definition) is 6. The van der Waals surface area contributed by atoms with Crippen molar-refractivity contribution in [2.45, 2.75) is 205 Å². The summed E-state index contributed by atoms with van der Waals surface area (Å²) >= 11 is 0. The van der Waals surface area contributed by atoms with Crippen LogP contribution in [-0.4, -0.2) is 57.9 Å². The molecular formula is C35H64O6. The second-order valence-electron chi connectivity index (χ2n) is 12.9. The van der Waals surface area contributed by atoms with Crippen molar-refractivity contribution in [1.82, 2.24) is 0 Å². The molecule has 2 heterocycles. The lowest BCUT2D eigenvalue weighted by molar-refractivity contribution is -0.139. The third-order valence-corrected chi connectivity index (χ3v) is 9.06. The molecule has 1 saturated heterocycles. The predicted molar refractivity (Wildman–Crippen MR) is 167 cm³/mol. The molecule has 0 saturated carbocycles. The van der Waals surface area contributed by atoms with Crippen LogP contribution in [0.25, 0.3) is 0 Å². The summed E-state index contributed by atoms with van der Waals surface area (Å²) in [5.41, 5.74) is 0.843. The highest BCUT2D eigenvalue weighted by Gasteiger charge is 2.34. The SMILES string of the molecule is CCCCCCCCCC[C@@H](O)[C@H]1CC[C@H]([C@H](O)CCCCCC(O)CCCCCCCCC2=C[C@H](C)OC2=O)O1. The highest BCUT2D eigenvalue weighted by atomic mass is 16.5. The van der Waals surface area contributed by atoms with E-state index in [1.807, 2.05) is 13.0 Å². The van der Waals surface area contributed by atoms with Gasteiger partial charge in [-0.1, -0.05) is 110 Å².